The Balaban J connectivity index is 0.00000300. The SMILES string of the molecule is CCNC(=NCc1ccsc1)NCC1(c2ccc(OCC)cc2)CCOCC1.I. The molecule has 0 spiro atoms. The zero-order valence-electron chi connectivity index (χ0n) is 17.3. The van der Waals surface area contributed by atoms with E-state index in [1.165, 1.54) is 11.1 Å². The van der Waals surface area contributed by atoms with Crippen molar-refractivity contribution in [2.24, 2.45) is 4.99 Å². The standard InChI is InChI=1S/C22H31N3O2S.HI/c1-3-23-21(24-15-18-9-14-28-16-18)25-17-22(10-12-26-13-11-22)19-5-7-20(8-6-19)27-4-2;/h5-9,14,16H,3-4,10-13,15,17H2,1-2H3,(H2,23,24,25);1H. The molecule has 0 atom stereocenters. The number of hydrogen-bond donors (Lipinski definition) is 2. The molecular weight excluding hydrogens is 497 g/mol. The van der Waals surface area contributed by atoms with Crippen molar-refractivity contribution in [1.29, 1.82) is 0 Å². The molecule has 2 heterocycles. The topological polar surface area (TPSA) is 54.9 Å². The number of aliphatic imine (C=N–C) groups is 1. The van der Waals surface area contributed by atoms with Gasteiger partial charge in [-0.2, -0.15) is 11.3 Å². The Kier molecular flexibility index (Phi) is 10.2. The van der Waals surface area contributed by atoms with Crippen LogP contribution in [0.5, 0.6) is 5.75 Å². The van der Waals surface area contributed by atoms with Gasteiger partial charge in [0.15, 0.2) is 5.96 Å². The molecule has 2 aromatic rings. The van der Waals surface area contributed by atoms with Crippen molar-refractivity contribution in [1.82, 2.24) is 10.6 Å². The van der Waals surface area contributed by atoms with Crippen molar-refractivity contribution in [3.8, 4) is 5.75 Å². The van der Waals surface area contributed by atoms with Crippen LogP contribution in [0.25, 0.3) is 0 Å². The Bertz CT molecular complexity index is 729. The summed E-state index contributed by atoms with van der Waals surface area (Å²) < 4.78 is 11.3. The molecular formula is C22H32IN3O2S. The normalized spacial score (nSPS) is 16.0. The zero-order valence-corrected chi connectivity index (χ0v) is 20.4. The van der Waals surface area contributed by atoms with Crippen molar-refractivity contribution in [3.05, 3.63) is 52.2 Å². The number of benzene rings is 1. The first-order chi connectivity index (χ1) is 13.8. The molecule has 29 heavy (non-hydrogen) atoms. The lowest BCUT2D eigenvalue weighted by molar-refractivity contribution is 0.0513. The Morgan fingerprint density at radius 2 is 1.90 bits per heavy atom. The first-order valence-electron chi connectivity index (χ1n) is 10.1. The van der Waals surface area contributed by atoms with Gasteiger partial charge in [-0.05, 0) is 66.8 Å². The fourth-order valence-electron chi connectivity index (χ4n) is 3.55. The van der Waals surface area contributed by atoms with Crippen LogP contribution in [0, 0.1) is 0 Å². The van der Waals surface area contributed by atoms with E-state index in [-0.39, 0.29) is 29.4 Å². The maximum absolute atomic E-state index is 5.66. The van der Waals surface area contributed by atoms with Crippen molar-refractivity contribution < 1.29 is 9.47 Å². The monoisotopic (exact) mass is 529 g/mol. The van der Waals surface area contributed by atoms with Crippen molar-refractivity contribution in [2.45, 2.75) is 38.6 Å². The minimum absolute atomic E-state index is 0. The average molecular weight is 529 g/mol. The Hall–Kier alpha value is -1.32. The summed E-state index contributed by atoms with van der Waals surface area (Å²) in [4.78, 5) is 4.75. The molecule has 0 aliphatic carbocycles. The largest absolute Gasteiger partial charge is 0.494 e. The highest BCUT2D eigenvalue weighted by atomic mass is 127. The van der Waals surface area contributed by atoms with Gasteiger partial charge < -0.3 is 20.1 Å². The fourth-order valence-corrected chi connectivity index (χ4v) is 4.21. The minimum Gasteiger partial charge on any atom is -0.494 e. The summed E-state index contributed by atoms with van der Waals surface area (Å²) >= 11 is 1.71. The van der Waals surface area contributed by atoms with E-state index >= 15 is 0 Å². The summed E-state index contributed by atoms with van der Waals surface area (Å²) in [6, 6.07) is 10.7. The zero-order chi connectivity index (χ0) is 19.7. The van der Waals surface area contributed by atoms with E-state index in [0.717, 1.165) is 50.9 Å². The molecule has 1 aliphatic rings. The quantitative estimate of drug-likeness (QED) is 0.299. The van der Waals surface area contributed by atoms with E-state index in [2.05, 4.69) is 58.6 Å². The average Bonchev–Trinajstić information content (AvgIpc) is 3.25. The van der Waals surface area contributed by atoms with E-state index < -0.39 is 0 Å². The van der Waals surface area contributed by atoms with Crippen LogP contribution in [0.15, 0.2) is 46.1 Å². The molecule has 0 unspecified atom stereocenters. The molecule has 0 radical (unpaired) electrons. The summed E-state index contributed by atoms with van der Waals surface area (Å²) in [5.41, 5.74) is 2.62. The number of halogens is 1. The highest BCUT2D eigenvalue weighted by molar-refractivity contribution is 14.0. The van der Waals surface area contributed by atoms with Crippen LogP contribution in [-0.4, -0.2) is 38.9 Å². The van der Waals surface area contributed by atoms with E-state index in [0.29, 0.717) is 13.2 Å². The van der Waals surface area contributed by atoms with Crippen molar-refractivity contribution in [2.75, 3.05) is 32.9 Å². The summed E-state index contributed by atoms with van der Waals surface area (Å²) in [6.07, 6.45) is 2.00. The number of nitrogens with one attached hydrogen (secondary N) is 2. The molecule has 3 rings (SSSR count). The van der Waals surface area contributed by atoms with Crippen LogP contribution < -0.4 is 15.4 Å². The molecule has 1 aliphatic heterocycles. The van der Waals surface area contributed by atoms with Gasteiger partial charge >= 0.3 is 0 Å². The molecule has 7 heteroatoms. The molecule has 1 fully saturated rings. The molecule has 1 aromatic carbocycles. The summed E-state index contributed by atoms with van der Waals surface area (Å²) in [5.74, 6) is 1.79. The maximum Gasteiger partial charge on any atom is 0.191 e. The third-order valence-corrected chi connectivity index (χ3v) is 5.90. The smallest absolute Gasteiger partial charge is 0.191 e. The number of nitrogens with zero attached hydrogens (tertiary/aromatic N) is 1. The van der Waals surface area contributed by atoms with Gasteiger partial charge in [-0.15, -0.1) is 24.0 Å². The van der Waals surface area contributed by atoms with E-state index in [9.17, 15) is 0 Å². The van der Waals surface area contributed by atoms with Crippen LogP contribution in [0.1, 0.15) is 37.8 Å². The summed E-state index contributed by atoms with van der Waals surface area (Å²) in [6.45, 7) is 8.74. The van der Waals surface area contributed by atoms with E-state index in [4.69, 9.17) is 14.5 Å². The lowest BCUT2D eigenvalue weighted by atomic mass is 9.74. The van der Waals surface area contributed by atoms with Crippen LogP contribution in [0.2, 0.25) is 0 Å². The summed E-state index contributed by atoms with van der Waals surface area (Å²) in [5, 5.41) is 11.2. The molecule has 1 aromatic heterocycles. The molecule has 2 N–H and O–H groups in total. The lowest BCUT2D eigenvalue weighted by Gasteiger charge is -2.38. The highest BCUT2D eigenvalue weighted by Gasteiger charge is 2.34. The molecule has 160 valence electrons. The van der Waals surface area contributed by atoms with Crippen LogP contribution in [0.4, 0.5) is 0 Å². The third kappa shape index (κ3) is 6.86. The van der Waals surface area contributed by atoms with Gasteiger partial charge in [0.2, 0.25) is 0 Å². The Labute approximate surface area is 195 Å². The van der Waals surface area contributed by atoms with Crippen LogP contribution in [0.3, 0.4) is 0 Å². The second kappa shape index (κ2) is 12.4. The highest BCUT2D eigenvalue weighted by Crippen LogP contribution is 2.35. The predicted molar refractivity (Wildman–Crippen MR) is 132 cm³/mol. The number of hydrogen-bond acceptors (Lipinski definition) is 4. The molecule has 1 saturated heterocycles. The van der Waals surface area contributed by atoms with Gasteiger partial charge in [0, 0.05) is 31.7 Å². The molecule has 0 bridgehead atoms. The van der Waals surface area contributed by atoms with Gasteiger partial charge in [0.1, 0.15) is 5.75 Å². The second-order valence-corrected chi connectivity index (χ2v) is 7.81. The predicted octanol–water partition coefficient (Wildman–Crippen LogP) is 4.57. The lowest BCUT2D eigenvalue weighted by Crippen LogP contribution is -2.48. The summed E-state index contributed by atoms with van der Waals surface area (Å²) in [7, 11) is 0. The second-order valence-electron chi connectivity index (χ2n) is 7.03. The van der Waals surface area contributed by atoms with Crippen LogP contribution >= 0.6 is 35.3 Å². The molecule has 0 amide bonds. The Morgan fingerprint density at radius 1 is 1.14 bits per heavy atom. The number of thiophene rings is 1. The minimum atomic E-state index is 0. The molecule has 0 saturated carbocycles. The number of guanidine groups is 1. The van der Waals surface area contributed by atoms with Gasteiger partial charge in [0.25, 0.3) is 0 Å². The first-order valence-corrected chi connectivity index (χ1v) is 11.0. The number of rotatable bonds is 8. The molecule has 5 nitrogen and oxygen atoms in total. The van der Waals surface area contributed by atoms with Gasteiger partial charge in [0.05, 0.1) is 13.2 Å². The van der Waals surface area contributed by atoms with Crippen molar-refractivity contribution in [3.63, 3.8) is 0 Å². The van der Waals surface area contributed by atoms with Crippen LogP contribution in [-0.2, 0) is 16.7 Å². The van der Waals surface area contributed by atoms with E-state index in [1.807, 2.05) is 6.92 Å². The van der Waals surface area contributed by atoms with Gasteiger partial charge in [-0.1, -0.05) is 12.1 Å². The van der Waals surface area contributed by atoms with Gasteiger partial charge in [-0.3, -0.25) is 0 Å². The van der Waals surface area contributed by atoms with Gasteiger partial charge in [-0.25, -0.2) is 4.99 Å². The Morgan fingerprint density at radius 3 is 2.52 bits per heavy atom. The van der Waals surface area contributed by atoms with Crippen molar-refractivity contribution >= 4 is 41.3 Å². The first kappa shape index (κ1) is 24.0. The maximum atomic E-state index is 5.66. The fraction of sp³-hybridized carbons (Fsp3) is 0.500. The third-order valence-electron chi connectivity index (χ3n) is 5.17. The van der Waals surface area contributed by atoms with E-state index in [1.54, 1.807) is 11.3 Å². The number of ether oxygens (including phenoxy) is 2.